The van der Waals surface area contributed by atoms with E-state index in [9.17, 15) is 9.59 Å². The number of piperazine rings is 1. The number of carboxylic acid groups (broad SMARTS) is 1. The van der Waals surface area contributed by atoms with Gasteiger partial charge in [0.25, 0.3) is 0 Å². The summed E-state index contributed by atoms with van der Waals surface area (Å²) in [6.07, 6.45) is 0.716. The molecule has 0 aromatic carbocycles. The van der Waals surface area contributed by atoms with Gasteiger partial charge in [0, 0.05) is 39.3 Å². The number of carbonyl (C=O) groups excluding carboxylic acids is 1. The van der Waals surface area contributed by atoms with E-state index in [1.54, 1.807) is 4.90 Å². The zero-order chi connectivity index (χ0) is 13.9. The van der Waals surface area contributed by atoms with E-state index in [4.69, 9.17) is 15.6 Å². The van der Waals surface area contributed by atoms with E-state index in [-0.39, 0.29) is 12.3 Å². The van der Waals surface area contributed by atoms with Gasteiger partial charge in [-0.1, -0.05) is 0 Å². The van der Waals surface area contributed by atoms with Crippen LogP contribution in [0.15, 0.2) is 0 Å². The SMILES string of the molecule is NC1(C(=O)N2CCN(CCC(=O)O)CC2)CCOC1. The van der Waals surface area contributed by atoms with Crippen molar-refractivity contribution in [2.24, 2.45) is 5.73 Å². The van der Waals surface area contributed by atoms with Crippen molar-refractivity contribution in [3.05, 3.63) is 0 Å². The summed E-state index contributed by atoms with van der Waals surface area (Å²) in [5.74, 6) is -0.828. The highest BCUT2D eigenvalue weighted by Gasteiger charge is 2.41. The smallest absolute Gasteiger partial charge is 0.304 e. The lowest BCUT2D eigenvalue weighted by molar-refractivity contribution is -0.140. The molecular formula is C12H21N3O4. The lowest BCUT2D eigenvalue weighted by Crippen LogP contribution is -2.60. The van der Waals surface area contributed by atoms with E-state index in [0.717, 1.165) is 0 Å². The second-order valence-electron chi connectivity index (χ2n) is 5.24. The average molecular weight is 271 g/mol. The Labute approximate surface area is 112 Å². The number of hydrogen-bond donors (Lipinski definition) is 2. The molecule has 2 rings (SSSR count). The number of nitrogens with zero attached hydrogens (tertiary/aromatic N) is 2. The van der Waals surface area contributed by atoms with Crippen molar-refractivity contribution in [1.82, 2.24) is 9.80 Å². The highest BCUT2D eigenvalue weighted by atomic mass is 16.5. The van der Waals surface area contributed by atoms with Crippen LogP contribution >= 0.6 is 0 Å². The van der Waals surface area contributed by atoms with Crippen LogP contribution in [0.25, 0.3) is 0 Å². The van der Waals surface area contributed by atoms with Crippen LogP contribution in [-0.4, -0.2) is 78.3 Å². The van der Waals surface area contributed by atoms with Crippen LogP contribution in [-0.2, 0) is 14.3 Å². The molecular weight excluding hydrogens is 250 g/mol. The standard InChI is InChI=1S/C12H21N3O4/c13-12(2-8-19-9-12)11(18)15-6-4-14(5-7-15)3-1-10(16)17/h1-9,13H2,(H,16,17). The fourth-order valence-electron chi connectivity index (χ4n) is 2.49. The number of ether oxygens (including phenoxy) is 1. The molecule has 1 atom stereocenters. The van der Waals surface area contributed by atoms with Crippen molar-refractivity contribution in [2.45, 2.75) is 18.4 Å². The van der Waals surface area contributed by atoms with Gasteiger partial charge in [-0.3, -0.25) is 14.5 Å². The van der Waals surface area contributed by atoms with Crippen molar-refractivity contribution in [3.63, 3.8) is 0 Å². The molecule has 0 aromatic heterocycles. The van der Waals surface area contributed by atoms with Gasteiger partial charge in [-0.05, 0) is 6.42 Å². The third kappa shape index (κ3) is 3.43. The van der Waals surface area contributed by atoms with Crippen molar-refractivity contribution < 1.29 is 19.4 Å². The second kappa shape index (κ2) is 5.85. The molecule has 1 unspecified atom stereocenters. The van der Waals surface area contributed by atoms with Gasteiger partial charge < -0.3 is 20.5 Å². The molecule has 2 aliphatic heterocycles. The van der Waals surface area contributed by atoms with Gasteiger partial charge in [0.05, 0.1) is 13.0 Å². The molecule has 108 valence electrons. The molecule has 2 saturated heterocycles. The van der Waals surface area contributed by atoms with Crippen LogP contribution in [0, 0.1) is 0 Å². The van der Waals surface area contributed by atoms with E-state index in [0.29, 0.717) is 52.4 Å². The normalized spacial score (nSPS) is 28.6. The Kier molecular flexibility index (Phi) is 4.38. The van der Waals surface area contributed by atoms with E-state index in [1.165, 1.54) is 0 Å². The van der Waals surface area contributed by atoms with E-state index in [1.807, 2.05) is 0 Å². The second-order valence-corrected chi connectivity index (χ2v) is 5.24. The van der Waals surface area contributed by atoms with Gasteiger partial charge in [-0.15, -0.1) is 0 Å². The summed E-state index contributed by atoms with van der Waals surface area (Å²) in [6.45, 7) is 4.00. The Morgan fingerprint density at radius 3 is 2.47 bits per heavy atom. The predicted octanol–water partition coefficient (Wildman–Crippen LogP) is -1.28. The zero-order valence-electron chi connectivity index (χ0n) is 11.0. The topological polar surface area (TPSA) is 96.1 Å². The third-order valence-electron chi connectivity index (χ3n) is 3.78. The summed E-state index contributed by atoms with van der Waals surface area (Å²) >= 11 is 0. The van der Waals surface area contributed by atoms with Gasteiger partial charge in [-0.2, -0.15) is 0 Å². The molecule has 0 bridgehead atoms. The summed E-state index contributed by atoms with van der Waals surface area (Å²) in [5, 5.41) is 8.64. The molecule has 3 N–H and O–H groups in total. The molecule has 0 aromatic rings. The lowest BCUT2D eigenvalue weighted by Gasteiger charge is -2.37. The molecule has 0 saturated carbocycles. The first kappa shape index (κ1) is 14.2. The van der Waals surface area contributed by atoms with E-state index < -0.39 is 11.5 Å². The largest absolute Gasteiger partial charge is 0.481 e. The molecule has 2 heterocycles. The summed E-state index contributed by atoms with van der Waals surface area (Å²) in [4.78, 5) is 26.6. The van der Waals surface area contributed by atoms with Gasteiger partial charge in [-0.25, -0.2) is 0 Å². The van der Waals surface area contributed by atoms with Crippen LogP contribution in [0.4, 0.5) is 0 Å². The fourth-order valence-corrected chi connectivity index (χ4v) is 2.49. The minimum atomic E-state index is -0.858. The first-order chi connectivity index (χ1) is 9.01. The fraction of sp³-hybridized carbons (Fsp3) is 0.833. The molecule has 0 spiro atoms. The molecule has 2 fully saturated rings. The summed E-state index contributed by atoms with van der Waals surface area (Å²) in [6, 6.07) is 0. The molecule has 7 nitrogen and oxygen atoms in total. The maximum absolute atomic E-state index is 12.3. The lowest BCUT2D eigenvalue weighted by atomic mass is 9.98. The Hall–Kier alpha value is -1.18. The minimum Gasteiger partial charge on any atom is -0.481 e. The number of carbonyl (C=O) groups is 2. The number of hydrogen-bond acceptors (Lipinski definition) is 5. The Morgan fingerprint density at radius 1 is 1.26 bits per heavy atom. The quantitative estimate of drug-likeness (QED) is 0.661. The van der Waals surface area contributed by atoms with Crippen molar-refractivity contribution in [2.75, 3.05) is 45.9 Å². The minimum absolute atomic E-state index is 0.0390. The Bertz CT molecular complexity index is 347. The van der Waals surface area contributed by atoms with Crippen LogP contribution in [0.3, 0.4) is 0 Å². The van der Waals surface area contributed by atoms with Crippen molar-refractivity contribution in [3.8, 4) is 0 Å². The maximum Gasteiger partial charge on any atom is 0.304 e. The molecule has 7 heteroatoms. The molecule has 0 aliphatic carbocycles. The molecule has 1 amide bonds. The third-order valence-corrected chi connectivity index (χ3v) is 3.78. The van der Waals surface area contributed by atoms with Gasteiger partial charge in [0.15, 0.2) is 0 Å². The number of nitrogens with two attached hydrogens (primary N) is 1. The number of aliphatic carboxylic acids is 1. The van der Waals surface area contributed by atoms with Crippen LogP contribution in [0.2, 0.25) is 0 Å². The Morgan fingerprint density at radius 2 is 1.95 bits per heavy atom. The first-order valence-electron chi connectivity index (χ1n) is 6.61. The van der Waals surface area contributed by atoms with Crippen molar-refractivity contribution >= 4 is 11.9 Å². The Balaban J connectivity index is 1.79. The van der Waals surface area contributed by atoms with Crippen molar-refractivity contribution in [1.29, 1.82) is 0 Å². The van der Waals surface area contributed by atoms with Crippen LogP contribution in [0.5, 0.6) is 0 Å². The highest BCUT2D eigenvalue weighted by molar-refractivity contribution is 5.86. The monoisotopic (exact) mass is 271 g/mol. The molecule has 2 aliphatic rings. The van der Waals surface area contributed by atoms with Crippen LogP contribution < -0.4 is 5.73 Å². The van der Waals surface area contributed by atoms with E-state index in [2.05, 4.69) is 4.90 Å². The number of amides is 1. The van der Waals surface area contributed by atoms with E-state index >= 15 is 0 Å². The van der Waals surface area contributed by atoms with Gasteiger partial charge >= 0.3 is 5.97 Å². The zero-order valence-corrected chi connectivity index (χ0v) is 11.0. The average Bonchev–Trinajstić information content (AvgIpc) is 2.84. The highest BCUT2D eigenvalue weighted by Crippen LogP contribution is 2.19. The van der Waals surface area contributed by atoms with Crippen LogP contribution in [0.1, 0.15) is 12.8 Å². The van der Waals surface area contributed by atoms with Gasteiger partial charge in [0.1, 0.15) is 5.54 Å². The number of rotatable bonds is 4. The summed E-state index contributed by atoms with van der Waals surface area (Å²) in [7, 11) is 0. The first-order valence-corrected chi connectivity index (χ1v) is 6.61. The molecule has 0 radical (unpaired) electrons. The van der Waals surface area contributed by atoms with Gasteiger partial charge in [0.2, 0.25) is 5.91 Å². The maximum atomic E-state index is 12.3. The predicted molar refractivity (Wildman–Crippen MR) is 67.6 cm³/mol. The number of carboxylic acids is 1. The summed E-state index contributed by atoms with van der Waals surface area (Å²) < 4.78 is 5.21. The molecule has 19 heavy (non-hydrogen) atoms. The summed E-state index contributed by atoms with van der Waals surface area (Å²) in [5.41, 5.74) is 5.20.